The predicted molar refractivity (Wildman–Crippen MR) is 79.2 cm³/mol. The quantitative estimate of drug-likeness (QED) is 0.592. The van der Waals surface area contributed by atoms with Gasteiger partial charge in [-0.25, -0.2) is 0 Å². The minimum atomic E-state index is -0.431. The van der Waals surface area contributed by atoms with Crippen LogP contribution >= 0.6 is 0 Å². The molecule has 1 rings (SSSR count). The fourth-order valence-corrected chi connectivity index (χ4v) is 2.74. The average Bonchev–Trinajstić information content (AvgIpc) is 2.41. The van der Waals surface area contributed by atoms with Crippen LogP contribution < -0.4 is 5.32 Å². The average molecular weight is 284 g/mol. The van der Waals surface area contributed by atoms with E-state index in [2.05, 4.69) is 5.32 Å². The Bertz CT molecular complexity index is 295. The lowest BCUT2D eigenvalue weighted by Crippen LogP contribution is -2.26. The summed E-state index contributed by atoms with van der Waals surface area (Å²) in [4.78, 5) is 22.4. The van der Waals surface area contributed by atoms with Crippen molar-refractivity contribution in [1.82, 2.24) is 5.32 Å². The van der Waals surface area contributed by atoms with Crippen LogP contribution in [0.5, 0.6) is 0 Å². The van der Waals surface area contributed by atoms with Gasteiger partial charge in [-0.1, -0.05) is 38.5 Å². The summed E-state index contributed by atoms with van der Waals surface area (Å²) < 4.78 is 0. The van der Waals surface area contributed by atoms with Crippen LogP contribution in [0.25, 0.3) is 0 Å². The lowest BCUT2D eigenvalue weighted by atomic mass is 10.0. The molecule has 0 spiro atoms. The highest BCUT2D eigenvalue weighted by Gasteiger charge is 2.18. The number of carbonyl (C=O) groups is 1. The molecule has 0 saturated carbocycles. The third-order valence-electron chi connectivity index (χ3n) is 4.03. The molecule has 1 amide bonds. The molecule has 116 valence electrons. The van der Waals surface area contributed by atoms with Crippen LogP contribution in [-0.2, 0) is 4.79 Å². The molecule has 1 N–H and O–H groups in total. The maximum Gasteiger partial charge on any atom is 0.219 e. The Hall–Kier alpha value is -1.13. The normalized spacial score (nSPS) is 24.8. The van der Waals surface area contributed by atoms with E-state index in [1.54, 1.807) is 0 Å². The topological polar surface area (TPSA) is 72.2 Å². The van der Waals surface area contributed by atoms with Gasteiger partial charge in [-0.05, 0) is 19.3 Å². The van der Waals surface area contributed by atoms with Gasteiger partial charge < -0.3 is 5.32 Å². The van der Waals surface area contributed by atoms with Crippen molar-refractivity contribution >= 4 is 5.91 Å². The molecule has 0 bridgehead atoms. The van der Waals surface area contributed by atoms with Gasteiger partial charge in [0.25, 0.3) is 0 Å². The highest BCUT2D eigenvalue weighted by Crippen LogP contribution is 2.15. The number of amides is 1. The number of rotatable bonds is 1. The van der Waals surface area contributed by atoms with E-state index in [9.17, 15) is 14.9 Å². The van der Waals surface area contributed by atoms with Crippen molar-refractivity contribution in [3.05, 3.63) is 10.1 Å². The summed E-state index contributed by atoms with van der Waals surface area (Å²) in [5.74, 6) is 0.0924. The highest BCUT2D eigenvalue weighted by atomic mass is 16.6. The van der Waals surface area contributed by atoms with E-state index in [0.29, 0.717) is 32.2 Å². The SMILES string of the molecule is O=C1CCCCCCCCCCC([N+](=O)[O-])CCCN1. The third kappa shape index (κ3) is 8.12. The summed E-state index contributed by atoms with van der Waals surface area (Å²) >= 11 is 0. The molecule has 1 aliphatic heterocycles. The Kier molecular flexibility index (Phi) is 9.00. The van der Waals surface area contributed by atoms with E-state index in [1.165, 1.54) is 25.7 Å². The molecule has 1 unspecified atom stereocenters. The Morgan fingerprint density at radius 3 is 2.10 bits per heavy atom. The van der Waals surface area contributed by atoms with E-state index in [-0.39, 0.29) is 10.8 Å². The van der Waals surface area contributed by atoms with Gasteiger partial charge in [-0.3, -0.25) is 14.9 Å². The van der Waals surface area contributed by atoms with Crippen molar-refractivity contribution in [2.75, 3.05) is 6.54 Å². The fraction of sp³-hybridized carbons (Fsp3) is 0.933. The second kappa shape index (κ2) is 10.6. The Morgan fingerprint density at radius 2 is 1.45 bits per heavy atom. The minimum Gasteiger partial charge on any atom is -0.356 e. The molecule has 0 aromatic carbocycles. The number of hydrogen-bond donors (Lipinski definition) is 1. The molecule has 1 aliphatic rings. The Labute approximate surface area is 121 Å². The molecule has 1 saturated heterocycles. The highest BCUT2D eigenvalue weighted by molar-refractivity contribution is 5.75. The first kappa shape index (κ1) is 16.9. The zero-order valence-corrected chi connectivity index (χ0v) is 12.4. The molecular weight excluding hydrogens is 256 g/mol. The number of nitrogens with one attached hydrogen (secondary N) is 1. The van der Waals surface area contributed by atoms with Gasteiger partial charge in [0.2, 0.25) is 11.9 Å². The van der Waals surface area contributed by atoms with Crippen LogP contribution in [0.4, 0.5) is 0 Å². The maximum absolute atomic E-state index is 11.5. The Morgan fingerprint density at radius 1 is 0.900 bits per heavy atom. The van der Waals surface area contributed by atoms with Crippen LogP contribution in [0.3, 0.4) is 0 Å². The molecule has 5 heteroatoms. The van der Waals surface area contributed by atoms with Gasteiger partial charge in [-0.2, -0.15) is 0 Å². The maximum atomic E-state index is 11.5. The monoisotopic (exact) mass is 284 g/mol. The van der Waals surface area contributed by atoms with E-state index in [4.69, 9.17) is 0 Å². The zero-order chi connectivity index (χ0) is 14.6. The van der Waals surface area contributed by atoms with Crippen molar-refractivity contribution in [2.45, 2.75) is 83.1 Å². The third-order valence-corrected chi connectivity index (χ3v) is 4.03. The summed E-state index contributed by atoms with van der Waals surface area (Å²) in [5.41, 5.74) is 0. The molecule has 1 heterocycles. The standard InChI is InChI=1S/C15H28N2O3/c18-15-12-8-6-4-2-1-3-5-7-10-14(17(19)20)11-9-13-16-15/h14H,1-13H2,(H,16,18). The molecule has 20 heavy (non-hydrogen) atoms. The summed E-state index contributed by atoms with van der Waals surface area (Å²) in [6.45, 7) is 0.573. The number of carbonyl (C=O) groups excluding carboxylic acids is 1. The van der Waals surface area contributed by atoms with Crippen LogP contribution in [0.2, 0.25) is 0 Å². The molecule has 1 atom stereocenters. The van der Waals surface area contributed by atoms with E-state index in [0.717, 1.165) is 25.7 Å². The van der Waals surface area contributed by atoms with E-state index in [1.807, 2.05) is 0 Å². The number of nitrogens with zero attached hydrogens (tertiary/aromatic N) is 1. The molecule has 0 aromatic rings. The van der Waals surface area contributed by atoms with Crippen LogP contribution in [0.15, 0.2) is 0 Å². The number of nitro groups is 1. The van der Waals surface area contributed by atoms with Crippen LogP contribution in [-0.4, -0.2) is 23.4 Å². The van der Waals surface area contributed by atoms with Gasteiger partial charge in [0, 0.05) is 30.7 Å². The molecule has 0 aliphatic carbocycles. The second-order valence-corrected chi connectivity index (χ2v) is 5.80. The van der Waals surface area contributed by atoms with Gasteiger partial charge in [-0.15, -0.1) is 0 Å². The molecule has 0 radical (unpaired) electrons. The van der Waals surface area contributed by atoms with Gasteiger partial charge in [0.15, 0.2) is 0 Å². The summed E-state index contributed by atoms with van der Waals surface area (Å²) in [6, 6.07) is -0.431. The van der Waals surface area contributed by atoms with Gasteiger partial charge in [0.1, 0.15) is 0 Å². The minimum absolute atomic E-state index is 0.0924. The summed E-state index contributed by atoms with van der Waals surface area (Å²) in [7, 11) is 0. The molecule has 1 fully saturated rings. The second-order valence-electron chi connectivity index (χ2n) is 5.80. The molecular formula is C15H28N2O3. The zero-order valence-electron chi connectivity index (χ0n) is 12.4. The van der Waals surface area contributed by atoms with Crippen LogP contribution in [0, 0.1) is 10.1 Å². The molecule has 5 nitrogen and oxygen atoms in total. The fourth-order valence-electron chi connectivity index (χ4n) is 2.74. The summed E-state index contributed by atoms with van der Waals surface area (Å²) in [6.07, 6.45) is 11.6. The first-order chi connectivity index (χ1) is 9.70. The molecule has 0 aromatic heterocycles. The van der Waals surface area contributed by atoms with Crippen LogP contribution in [0.1, 0.15) is 77.0 Å². The van der Waals surface area contributed by atoms with Crippen molar-refractivity contribution in [3.8, 4) is 0 Å². The van der Waals surface area contributed by atoms with Gasteiger partial charge in [0.05, 0.1) is 0 Å². The van der Waals surface area contributed by atoms with E-state index < -0.39 is 6.04 Å². The van der Waals surface area contributed by atoms with Crippen molar-refractivity contribution in [2.24, 2.45) is 0 Å². The lowest BCUT2D eigenvalue weighted by molar-refractivity contribution is -0.524. The number of hydrogen-bond acceptors (Lipinski definition) is 3. The van der Waals surface area contributed by atoms with E-state index >= 15 is 0 Å². The predicted octanol–water partition coefficient (Wildman–Crippen LogP) is 3.44. The summed E-state index contributed by atoms with van der Waals surface area (Å²) in [5, 5.41) is 13.8. The van der Waals surface area contributed by atoms with Crippen molar-refractivity contribution in [3.63, 3.8) is 0 Å². The van der Waals surface area contributed by atoms with Gasteiger partial charge >= 0.3 is 0 Å². The van der Waals surface area contributed by atoms with Crippen molar-refractivity contribution in [1.29, 1.82) is 0 Å². The largest absolute Gasteiger partial charge is 0.356 e. The Balaban J connectivity index is 2.34. The first-order valence-corrected chi connectivity index (χ1v) is 8.10. The smallest absolute Gasteiger partial charge is 0.219 e. The first-order valence-electron chi connectivity index (χ1n) is 8.10. The lowest BCUT2D eigenvalue weighted by Gasteiger charge is -2.11. The van der Waals surface area contributed by atoms with Crippen molar-refractivity contribution < 1.29 is 9.72 Å².